The van der Waals surface area contributed by atoms with E-state index in [-0.39, 0.29) is 0 Å². The second-order valence-electron chi connectivity index (χ2n) is 4.65. The van der Waals surface area contributed by atoms with Crippen LogP contribution >= 0.6 is 0 Å². The zero-order chi connectivity index (χ0) is 11.7. The number of aromatic amines is 1. The molecule has 1 aliphatic heterocycles. The third-order valence-corrected chi connectivity index (χ3v) is 3.57. The van der Waals surface area contributed by atoms with Gasteiger partial charge in [-0.2, -0.15) is 0 Å². The summed E-state index contributed by atoms with van der Waals surface area (Å²) in [6.07, 6.45) is 2.89. The molecule has 0 spiro atoms. The Bertz CT molecular complexity index is 489. The molecule has 1 aromatic carbocycles. The van der Waals surface area contributed by atoms with Gasteiger partial charge < -0.3 is 4.98 Å². The second-order valence-corrected chi connectivity index (χ2v) is 4.65. The number of H-pyrrole nitrogens is 1. The predicted molar refractivity (Wildman–Crippen MR) is 67.6 cm³/mol. The molecule has 3 nitrogen and oxygen atoms in total. The molecule has 0 amide bonds. The minimum absolute atomic E-state index is 0.408. The van der Waals surface area contributed by atoms with E-state index in [2.05, 4.69) is 52.1 Å². The van der Waals surface area contributed by atoms with E-state index in [1.807, 2.05) is 6.33 Å². The van der Waals surface area contributed by atoms with Crippen molar-refractivity contribution in [2.75, 3.05) is 6.54 Å². The average Bonchev–Trinajstić information content (AvgIpc) is 2.83. The van der Waals surface area contributed by atoms with Gasteiger partial charge in [-0.15, -0.1) is 0 Å². The van der Waals surface area contributed by atoms with Gasteiger partial charge in [0.25, 0.3) is 0 Å². The predicted octanol–water partition coefficient (Wildman–Crippen LogP) is 2.53. The molecule has 1 aliphatic rings. The summed E-state index contributed by atoms with van der Waals surface area (Å²) in [4.78, 5) is 10.2. The van der Waals surface area contributed by atoms with Crippen molar-refractivity contribution in [3.63, 3.8) is 0 Å². The highest BCUT2D eigenvalue weighted by Gasteiger charge is 2.25. The molecule has 1 aromatic heterocycles. The number of fused-ring (bicyclic) bond motifs is 1. The van der Waals surface area contributed by atoms with E-state index < -0.39 is 0 Å². The normalized spacial score (nSPS) is 20.2. The van der Waals surface area contributed by atoms with Crippen molar-refractivity contribution in [3.05, 3.63) is 53.6 Å². The second kappa shape index (κ2) is 4.34. The Kier molecular flexibility index (Phi) is 2.69. The third-order valence-electron chi connectivity index (χ3n) is 3.57. The first-order chi connectivity index (χ1) is 8.34. The molecule has 2 aromatic rings. The molecule has 1 atom stereocenters. The van der Waals surface area contributed by atoms with Crippen LogP contribution in [0.3, 0.4) is 0 Å². The average molecular weight is 227 g/mol. The highest BCUT2D eigenvalue weighted by atomic mass is 15.2. The quantitative estimate of drug-likeness (QED) is 0.855. The molecular weight excluding hydrogens is 210 g/mol. The van der Waals surface area contributed by atoms with Gasteiger partial charge in [-0.1, -0.05) is 30.3 Å². The van der Waals surface area contributed by atoms with Gasteiger partial charge in [-0.05, 0) is 12.5 Å². The smallest absolute Gasteiger partial charge is 0.0925 e. The molecule has 1 N–H and O–H groups in total. The zero-order valence-electron chi connectivity index (χ0n) is 10.1. The molecule has 0 saturated heterocycles. The summed E-state index contributed by atoms with van der Waals surface area (Å²) < 4.78 is 0. The molecule has 3 rings (SSSR count). The van der Waals surface area contributed by atoms with E-state index in [0.717, 1.165) is 19.5 Å². The molecule has 0 aliphatic carbocycles. The van der Waals surface area contributed by atoms with Crippen molar-refractivity contribution in [1.82, 2.24) is 14.9 Å². The summed E-state index contributed by atoms with van der Waals surface area (Å²) in [5, 5.41) is 0. The standard InChI is InChI=1S/C14H17N3/c1-11-14-13(15-10-16-14)7-8-17(11)9-12-5-3-2-4-6-12/h2-6,10-11H,7-9H2,1H3,(H,15,16)/t11-/m1/s1. The molecule has 0 bridgehead atoms. The Labute approximate surface area is 101 Å². The molecule has 2 heterocycles. The lowest BCUT2D eigenvalue weighted by Crippen LogP contribution is -2.33. The largest absolute Gasteiger partial charge is 0.348 e. The van der Waals surface area contributed by atoms with Crippen molar-refractivity contribution < 1.29 is 0 Å². The zero-order valence-corrected chi connectivity index (χ0v) is 10.1. The van der Waals surface area contributed by atoms with Crippen molar-refractivity contribution in [2.45, 2.75) is 25.9 Å². The lowest BCUT2D eigenvalue weighted by atomic mass is 10.0. The first-order valence-electron chi connectivity index (χ1n) is 6.14. The van der Waals surface area contributed by atoms with E-state index >= 15 is 0 Å². The van der Waals surface area contributed by atoms with E-state index in [4.69, 9.17) is 0 Å². The van der Waals surface area contributed by atoms with Crippen LogP contribution in [0, 0.1) is 0 Å². The van der Waals surface area contributed by atoms with E-state index in [0.29, 0.717) is 6.04 Å². The molecule has 0 radical (unpaired) electrons. The van der Waals surface area contributed by atoms with Gasteiger partial charge in [0, 0.05) is 25.2 Å². The summed E-state index contributed by atoms with van der Waals surface area (Å²) in [7, 11) is 0. The van der Waals surface area contributed by atoms with Crippen LogP contribution in [0.5, 0.6) is 0 Å². The van der Waals surface area contributed by atoms with Gasteiger partial charge in [0.2, 0.25) is 0 Å². The summed E-state index contributed by atoms with van der Waals surface area (Å²) in [6, 6.07) is 11.0. The van der Waals surface area contributed by atoms with Gasteiger partial charge >= 0.3 is 0 Å². The highest BCUT2D eigenvalue weighted by molar-refractivity contribution is 5.20. The lowest BCUT2D eigenvalue weighted by molar-refractivity contribution is 0.185. The number of nitrogens with one attached hydrogen (secondary N) is 1. The van der Waals surface area contributed by atoms with Crippen LogP contribution < -0.4 is 0 Å². The number of rotatable bonds is 2. The van der Waals surface area contributed by atoms with Gasteiger partial charge in [-0.3, -0.25) is 4.90 Å². The van der Waals surface area contributed by atoms with Gasteiger partial charge in [0.15, 0.2) is 0 Å². The highest BCUT2D eigenvalue weighted by Crippen LogP contribution is 2.27. The van der Waals surface area contributed by atoms with Crippen LogP contribution in [-0.2, 0) is 13.0 Å². The first kappa shape index (κ1) is 10.5. The van der Waals surface area contributed by atoms with Gasteiger partial charge in [0.1, 0.15) is 0 Å². The van der Waals surface area contributed by atoms with Gasteiger partial charge in [0.05, 0.1) is 18.1 Å². The molecule has 0 saturated carbocycles. The number of hydrogen-bond acceptors (Lipinski definition) is 2. The first-order valence-corrected chi connectivity index (χ1v) is 6.14. The van der Waals surface area contributed by atoms with E-state index in [1.54, 1.807) is 0 Å². The molecule has 3 heteroatoms. The van der Waals surface area contributed by atoms with Crippen molar-refractivity contribution in [3.8, 4) is 0 Å². The fourth-order valence-electron chi connectivity index (χ4n) is 2.55. The number of nitrogens with zero attached hydrogens (tertiary/aromatic N) is 2. The molecule has 88 valence electrons. The number of hydrogen-bond donors (Lipinski definition) is 1. The summed E-state index contributed by atoms with van der Waals surface area (Å²) in [6.45, 7) is 4.35. The van der Waals surface area contributed by atoms with Gasteiger partial charge in [-0.25, -0.2) is 4.98 Å². The Morgan fingerprint density at radius 3 is 3.00 bits per heavy atom. The Balaban J connectivity index is 1.78. The molecule has 0 unspecified atom stereocenters. The summed E-state index contributed by atoms with van der Waals surface area (Å²) in [5.41, 5.74) is 3.90. The maximum atomic E-state index is 4.43. The van der Waals surface area contributed by atoms with Crippen LogP contribution in [0.4, 0.5) is 0 Å². The SMILES string of the molecule is C[C@@H]1c2nc[nH]c2CCN1Cc1ccccc1. The van der Waals surface area contributed by atoms with E-state index in [9.17, 15) is 0 Å². The molecular formula is C14H17N3. The van der Waals surface area contributed by atoms with Crippen molar-refractivity contribution in [2.24, 2.45) is 0 Å². The Hall–Kier alpha value is -1.61. The Morgan fingerprint density at radius 2 is 2.18 bits per heavy atom. The number of imidazole rings is 1. The lowest BCUT2D eigenvalue weighted by Gasteiger charge is -2.32. The molecule has 17 heavy (non-hydrogen) atoms. The summed E-state index contributed by atoms with van der Waals surface area (Å²) in [5.74, 6) is 0. The number of benzene rings is 1. The maximum Gasteiger partial charge on any atom is 0.0925 e. The number of aromatic nitrogens is 2. The van der Waals surface area contributed by atoms with Crippen LogP contribution in [0.15, 0.2) is 36.7 Å². The topological polar surface area (TPSA) is 31.9 Å². The van der Waals surface area contributed by atoms with Crippen LogP contribution in [-0.4, -0.2) is 21.4 Å². The van der Waals surface area contributed by atoms with Crippen molar-refractivity contribution >= 4 is 0 Å². The third kappa shape index (κ3) is 1.98. The monoisotopic (exact) mass is 227 g/mol. The Morgan fingerprint density at radius 1 is 1.35 bits per heavy atom. The minimum atomic E-state index is 0.408. The van der Waals surface area contributed by atoms with E-state index in [1.165, 1.54) is 17.0 Å². The summed E-state index contributed by atoms with van der Waals surface area (Å²) >= 11 is 0. The fraction of sp³-hybridized carbons (Fsp3) is 0.357. The fourth-order valence-corrected chi connectivity index (χ4v) is 2.55. The minimum Gasteiger partial charge on any atom is -0.348 e. The van der Waals surface area contributed by atoms with Crippen molar-refractivity contribution in [1.29, 1.82) is 0 Å². The maximum absolute atomic E-state index is 4.43. The van der Waals surface area contributed by atoms with Crippen LogP contribution in [0.1, 0.15) is 29.9 Å². The molecule has 0 fully saturated rings. The van der Waals surface area contributed by atoms with Crippen LogP contribution in [0.2, 0.25) is 0 Å². The van der Waals surface area contributed by atoms with Crippen LogP contribution in [0.25, 0.3) is 0 Å².